The molecule has 2 aromatic rings. The van der Waals surface area contributed by atoms with Crippen LogP contribution in [0, 0.1) is 13.8 Å². The summed E-state index contributed by atoms with van der Waals surface area (Å²) in [5, 5.41) is 12.4. The molecule has 2 rings (SSSR count). The van der Waals surface area contributed by atoms with Gasteiger partial charge in [0.05, 0.1) is 0 Å². The van der Waals surface area contributed by atoms with Crippen molar-refractivity contribution in [3.05, 3.63) is 33.8 Å². The Morgan fingerprint density at radius 3 is 2.90 bits per heavy atom. The van der Waals surface area contributed by atoms with E-state index in [0.29, 0.717) is 17.2 Å². The third-order valence-corrected chi connectivity index (χ3v) is 4.74. The average Bonchev–Trinajstić information content (AvgIpc) is 2.80. The maximum Gasteiger partial charge on any atom is 0.225 e. The number of thioether (sulfide) groups is 1. The van der Waals surface area contributed by atoms with Crippen LogP contribution in [0.25, 0.3) is 0 Å². The summed E-state index contributed by atoms with van der Waals surface area (Å²) in [6.45, 7) is 3.85. The second kappa shape index (κ2) is 7.06. The van der Waals surface area contributed by atoms with Gasteiger partial charge in [-0.25, -0.2) is 0 Å². The minimum absolute atomic E-state index is 0.0240. The molecule has 0 saturated carbocycles. The first-order valence-electron chi connectivity index (χ1n) is 6.03. The number of carbonyl (C=O) groups excluding carboxylic acids is 1. The molecule has 0 fully saturated rings. The zero-order valence-electron chi connectivity index (χ0n) is 11.1. The minimum Gasteiger partial charge on any atom is -0.326 e. The average molecular weight is 328 g/mol. The third-order valence-electron chi connectivity index (χ3n) is 2.54. The lowest BCUT2D eigenvalue weighted by atomic mass is 10.2. The van der Waals surface area contributed by atoms with Crippen LogP contribution >= 0.6 is 34.7 Å². The lowest BCUT2D eigenvalue weighted by Gasteiger charge is -2.08. The number of benzene rings is 1. The van der Waals surface area contributed by atoms with Gasteiger partial charge in [-0.05, 0) is 31.5 Å². The number of anilines is 1. The van der Waals surface area contributed by atoms with Crippen LogP contribution in [0.15, 0.2) is 22.5 Å². The van der Waals surface area contributed by atoms with Crippen molar-refractivity contribution in [2.45, 2.75) is 24.6 Å². The monoisotopic (exact) mass is 327 g/mol. The molecule has 1 aromatic heterocycles. The van der Waals surface area contributed by atoms with Crippen LogP contribution in [0.2, 0.25) is 5.02 Å². The summed E-state index contributed by atoms with van der Waals surface area (Å²) in [5.74, 6) is 0.657. The number of carbonyl (C=O) groups is 1. The number of nitrogens with zero attached hydrogens (tertiary/aromatic N) is 2. The molecular weight excluding hydrogens is 314 g/mol. The van der Waals surface area contributed by atoms with Gasteiger partial charge >= 0.3 is 0 Å². The van der Waals surface area contributed by atoms with Crippen molar-refractivity contribution in [1.29, 1.82) is 0 Å². The molecule has 0 atom stereocenters. The highest BCUT2D eigenvalue weighted by atomic mass is 35.5. The number of rotatable bonds is 5. The highest BCUT2D eigenvalue weighted by Crippen LogP contribution is 2.23. The number of hydrogen-bond acceptors (Lipinski definition) is 5. The molecule has 1 N–H and O–H groups in total. The molecule has 4 nitrogen and oxygen atoms in total. The molecule has 1 amide bonds. The molecule has 7 heteroatoms. The zero-order chi connectivity index (χ0) is 14.5. The normalized spacial score (nSPS) is 10.6. The van der Waals surface area contributed by atoms with Crippen LogP contribution in [-0.4, -0.2) is 21.9 Å². The Balaban J connectivity index is 1.82. The van der Waals surface area contributed by atoms with E-state index in [1.165, 1.54) is 11.3 Å². The predicted molar refractivity (Wildman–Crippen MR) is 84.8 cm³/mol. The highest BCUT2D eigenvalue weighted by Gasteiger charge is 2.07. The van der Waals surface area contributed by atoms with Crippen molar-refractivity contribution in [1.82, 2.24) is 10.2 Å². The predicted octanol–water partition coefficient (Wildman–Crippen LogP) is 3.93. The lowest BCUT2D eigenvalue weighted by molar-refractivity contribution is -0.115. The fraction of sp³-hybridized carbons (Fsp3) is 0.308. The van der Waals surface area contributed by atoms with Crippen LogP contribution in [-0.2, 0) is 4.79 Å². The first kappa shape index (κ1) is 15.3. The number of aryl methyl sites for hydroxylation is 2. The SMILES string of the molecule is Cc1nnc(SCCC(=O)Nc2cc(Cl)ccc2C)s1. The first-order chi connectivity index (χ1) is 9.54. The quantitative estimate of drug-likeness (QED) is 0.845. The van der Waals surface area contributed by atoms with Crippen molar-refractivity contribution in [3.8, 4) is 0 Å². The highest BCUT2D eigenvalue weighted by molar-refractivity contribution is 8.01. The van der Waals surface area contributed by atoms with E-state index in [1.54, 1.807) is 23.9 Å². The second-order valence-electron chi connectivity index (χ2n) is 4.19. The standard InChI is InChI=1S/C13H14ClN3OS2/c1-8-3-4-10(14)7-11(8)15-12(18)5-6-19-13-17-16-9(2)20-13/h3-4,7H,5-6H2,1-2H3,(H,15,18). The molecule has 0 aliphatic heterocycles. The van der Waals surface area contributed by atoms with Crippen LogP contribution in [0.1, 0.15) is 17.0 Å². The molecule has 0 aliphatic carbocycles. The topological polar surface area (TPSA) is 54.9 Å². The molecule has 20 heavy (non-hydrogen) atoms. The number of aromatic nitrogens is 2. The lowest BCUT2D eigenvalue weighted by Crippen LogP contribution is -2.13. The molecule has 0 bridgehead atoms. The maximum atomic E-state index is 11.9. The van der Waals surface area contributed by atoms with Gasteiger partial charge in [0.25, 0.3) is 0 Å². The van der Waals surface area contributed by atoms with Gasteiger partial charge in [-0.2, -0.15) is 0 Å². The van der Waals surface area contributed by atoms with Crippen LogP contribution < -0.4 is 5.32 Å². The van der Waals surface area contributed by atoms with E-state index in [-0.39, 0.29) is 5.91 Å². The molecule has 1 aromatic carbocycles. The molecular formula is C13H14ClN3OS2. The van der Waals surface area contributed by atoms with Gasteiger partial charge < -0.3 is 5.32 Å². The van der Waals surface area contributed by atoms with Crippen LogP contribution in [0.3, 0.4) is 0 Å². The Morgan fingerprint density at radius 1 is 1.40 bits per heavy atom. The van der Waals surface area contributed by atoms with Gasteiger partial charge in [0.15, 0.2) is 4.34 Å². The minimum atomic E-state index is -0.0240. The van der Waals surface area contributed by atoms with E-state index in [0.717, 1.165) is 20.6 Å². The molecule has 0 radical (unpaired) electrons. The van der Waals surface area contributed by atoms with Gasteiger partial charge in [0.1, 0.15) is 5.01 Å². The van der Waals surface area contributed by atoms with Crippen LogP contribution in [0.5, 0.6) is 0 Å². The van der Waals surface area contributed by atoms with Crippen molar-refractivity contribution in [2.75, 3.05) is 11.1 Å². The molecule has 0 spiro atoms. The summed E-state index contributed by atoms with van der Waals surface area (Å²) in [6.07, 6.45) is 0.426. The summed E-state index contributed by atoms with van der Waals surface area (Å²) >= 11 is 9.00. The van der Waals surface area contributed by atoms with Crippen LogP contribution in [0.4, 0.5) is 5.69 Å². The molecule has 0 unspecified atom stereocenters. The van der Waals surface area contributed by atoms with Gasteiger partial charge in [0, 0.05) is 22.9 Å². The summed E-state index contributed by atoms with van der Waals surface area (Å²) in [5.41, 5.74) is 1.76. The molecule has 106 valence electrons. The van der Waals surface area contributed by atoms with Crippen molar-refractivity contribution in [3.63, 3.8) is 0 Å². The van der Waals surface area contributed by atoms with E-state index >= 15 is 0 Å². The van der Waals surface area contributed by atoms with E-state index in [2.05, 4.69) is 15.5 Å². The Labute approximate surface area is 130 Å². The van der Waals surface area contributed by atoms with Crippen molar-refractivity contribution < 1.29 is 4.79 Å². The smallest absolute Gasteiger partial charge is 0.225 e. The number of nitrogens with one attached hydrogen (secondary N) is 1. The fourth-order valence-corrected chi connectivity index (χ4v) is 3.51. The molecule has 0 saturated heterocycles. The van der Waals surface area contributed by atoms with Gasteiger partial charge in [-0.3, -0.25) is 4.79 Å². The van der Waals surface area contributed by atoms with E-state index in [4.69, 9.17) is 11.6 Å². The van der Waals surface area contributed by atoms with Gasteiger partial charge in [-0.15, -0.1) is 10.2 Å². The van der Waals surface area contributed by atoms with Gasteiger partial charge in [-0.1, -0.05) is 40.8 Å². The number of halogens is 1. The van der Waals surface area contributed by atoms with E-state index in [1.807, 2.05) is 19.9 Å². The third kappa shape index (κ3) is 4.47. The molecule has 0 aliphatic rings. The maximum absolute atomic E-state index is 11.9. The fourth-order valence-electron chi connectivity index (χ4n) is 1.51. The Morgan fingerprint density at radius 2 is 2.20 bits per heavy atom. The molecule has 1 heterocycles. The summed E-state index contributed by atoms with van der Waals surface area (Å²) in [6, 6.07) is 5.45. The summed E-state index contributed by atoms with van der Waals surface area (Å²) in [4.78, 5) is 11.9. The van der Waals surface area contributed by atoms with Crippen molar-refractivity contribution >= 4 is 46.3 Å². The Kier molecular flexibility index (Phi) is 5.39. The summed E-state index contributed by atoms with van der Waals surface area (Å²) < 4.78 is 0.897. The Bertz CT molecular complexity index is 615. The van der Waals surface area contributed by atoms with Crippen molar-refractivity contribution in [2.24, 2.45) is 0 Å². The largest absolute Gasteiger partial charge is 0.326 e. The zero-order valence-corrected chi connectivity index (χ0v) is 13.5. The number of amides is 1. The Hall–Kier alpha value is -1.11. The first-order valence-corrected chi connectivity index (χ1v) is 8.21. The number of hydrogen-bond donors (Lipinski definition) is 1. The second-order valence-corrected chi connectivity index (χ2v) is 7.15. The van der Waals surface area contributed by atoms with E-state index < -0.39 is 0 Å². The van der Waals surface area contributed by atoms with Gasteiger partial charge in [0.2, 0.25) is 5.91 Å². The summed E-state index contributed by atoms with van der Waals surface area (Å²) in [7, 11) is 0. The van der Waals surface area contributed by atoms with E-state index in [9.17, 15) is 4.79 Å².